The molecule has 28 heavy (non-hydrogen) atoms. The van der Waals surface area contributed by atoms with Crippen molar-refractivity contribution < 1.29 is 9.59 Å². The first-order valence-electron chi connectivity index (χ1n) is 10.4. The smallest absolute Gasteiger partial charge is 0.251 e. The molecule has 5 rings (SSSR count). The number of carbonyl (C=O) groups is 2. The summed E-state index contributed by atoms with van der Waals surface area (Å²) in [6.07, 6.45) is 3.12. The van der Waals surface area contributed by atoms with Crippen molar-refractivity contribution in [1.82, 2.24) is 10.7 Å². The zero-order chi connectivity index (χ0) is 19.6. The standard InChI is InChI=1S/C23H27N3O2/c1-11-8-19(11)24-23(28)15-6-4-14(5-7-15)22-21-16-9-17(13(3)27)18(10-16)20(21)12(2)25-26-22/h4-7,11,16-20,26H,8-10H2,1-3H3,(H,24,28). The summed E-state index contributed by atoms with van der Waals surface area (Å²) in [5, 5.41) is 7.65. The molecular formula is C23H27N3O2. The fraction of sp³-hybridized carbons (Fsp3) is 0.522. The monoisotopic (exact) mass is 377 g/mol. The van der Waals surface area contributed by atoms with Gasteiger partial charge in [-0.2, -0.15) is 5.10 Å². The molecule has 5 nitrogen and oxygen atoms in total. The quantitative estimate of drug-likeness (QED) is 0.845. The molecule has 1 amide bonds. The zero-order valence-corrected chi connectivity index (χ0v) is 16.7. The molecule has 2 bridgehead atoms. The highest BCUT2D eigenvalue weighted by atomic mass is 16.1. The van der Waals surface area contributed by atoms with Crippen LogP contribution in [0.15, 0.2) is 34.9 Å². The number of ketones is 1. The number of rotatable bonds is 4. The Morgan fingerprint density at radius 2 is 1.86 bits per heavy atom. The van der Waals surface area contributed by atoms with Crippen LogP contribution in [0.4, 0.5) is 0 Å². The van der Waals surface area contributed by atoms with Gasteiger partial charge in [0, 0.05) is 29.2 Å². The van der Waals surface area contributed by atoms with E-state index in [0.717, 1.165) is 36.2 Å². The lowest BCUT2D eigenvalue weighted by atomic mass is 9.72. The van der Waals surface area contributed by atoms with E-state index in [2.05, 4.69) is 29.7 Å². The van der Waals surface area contributed by atoms with Gasteiger partial charge in [0.2, 0.25) is 0 Å². The number of benzene rings is 1. The number of Topliss-reactive ketones (excluding diaryl/α,β-unsaturated/α-hetero) is 1. The lowest BCUT2D eigenvalue weighted by Gasteiger charge is -2.34. The first-order valence-corrected chi connectivity index (χ1v) is 10.4. The van der Waals surface area contributed by atoms with Crippen LogP contribution < -0.4 is 10.7 Å². The van der Waals surface area contributed by atoms with E-state index in [4.69, 9.17) is 0 Å². The number of hydrazone groups is 1. The highest BCUT2D eigenvalue weighted by molar-refractivity contribution is 5.96. The first-order chi connectivity index (χ1) is 13.4. The minimum atomic E-state index is 0.00567. The second-order valence-corrected chi connectivity index (χ2v) is 9.09. The SMILES string of the molecule is CC(=O)C1CC2CC1C1C(C)=NNC(c3ccc(C(=O)NC4CC4C)cc3)=C21. The van der Waals surface area contributed by atoms with Gasteiger partial charge in [-0.1, -0.05) is 19.1 Å². The van der Waals surface area contributed by atoms with Gasteiger partial charge >= 0.3 is 0 Å². The maximum absolute atomic E-state index is 12.4. The molecule has 1 aromatic rings. The van der Waals surface area contributed by atoms with Gasteiger partial charge in [0.05, 0.1) is 5.70 Å². The van der Waals surface area contributed by atoms with Crippen LogP contribution in [0.3, 0.4) is 0 Å². The van der Waals surface area contributed by atoms with E-state index < -0.39 is 0 Å². The third-order valence-corrected chi connectivity index (χ3v) is 7.28. The Morgan fingerprint density at radius 3 is 2.50 bits per heavy atom. The summed E-state index contributed by atoms with van der Waals surface area (Å²) < 4.78 is 0. The van der Waals surface area contributed by atoms with Gasteiger partial charge in [0.15, 0.2) is 0 Å². The molecule has 0 aromatic heterocycles. The van der Waals surface area contributed by atoms with E-state index in [1.165, 1.54) is 5.57 Å². The normalized spacial score (nSPS) is 35.2. The summed E-state index contributed by atoms with van der Waals surface area (Å²) in [5.41, 5.74) is 8.61. The molecule has 1 aliphatic heterocycles. The van der Waals surface area contributed by atoms with Crippen molar-refractivity contribution in [3.05, 3.63) is 41.0 Å². The van der Waals surface area contributed by atoms with Gasteiger partial charge in [-0.3, -0.25) is 15.0 Å². The zero-order valence-electron chi connectivity index (χ0n) is 16.7. The van der Waals surface area contributed by atoms with Gasteiger partial charge < -0.3 is 5.32 Å². The summed E-state index contributed by atoms with van der Waals surface area (Å²) in [6.45, 7) is 5.95. The van der Waals surface area contributed by atoms with Gasteiger partial charge in [0.25, 0.3) is 5.91 Å². The van der Waals surface area contributed by atoms with Crippen molar-refractivity contribution in [3.63, 3.8) is 0 Å². The molecule has 1 heterocycles. The molecule has 146 valence electrons. The van der Waals surface area contributed by atoms with Crippen LogP contribution >= 0.6 is 0 Å². The van der Waals surface area contributed by atoms with Gasteiger partial charge in [-0.05, 0) is 74.1 Å². The lowest BCUT2D eigenvalue weighted by Crippen LogP contribution is -2.35. The maximum Gasteiger partial charge on any atom is 0.251 e. The van der Waals surface area contributed by atoms with Crippen LogP contribution in [0.25, 0.3) is 5.70 Å². The van der Waals surface area contributed by atoms with Crippen molar-refractivity contribution in [1.29, 1.82) is 0 Å². The Hall–Kier alpha value is -2.43. The number of carbonyl (C=O) groups excluding carboxylic acids is 2. The molecule has 3 aliphatic carbocycles. The van der Waals surface area contributed by atoms with Crippen LogP contribution in [0.1, 0.15) is 56.0 Å². The number of fused-ring (bicyclic) bond motifs is 5. The molecule has 0 saturated heterocycles. The number of hydrogen-bond donors (Lipinski definition) is 2. The van der Waals surface area contributed by atoms with Crippen LogP contribution in [-0.4, -0.2) is 23.4 Å². The van der Waals surface area contributed by atoms with Crippen molar-refractivity contribution in [3.8, 4) is 0 Å². The van der Waals surface area contributed by atoms with E-state index in [1.54, 1.807) is 6.92 Å². The minimum Gasteiger partial charge on any atom is -0.349 e. The predicted molar refractivity (Wildman–Crippen MR) is 109 cm³/mol. The number of nitrogens with one attached hydrogen (secondary N) is 2. The number of amides is 1. The first kappa shape index (κ1) is 17.7. The Morgan fingerprint density at radius 1 is 1.14 bits per heavy atom. The average molecular weight is 377 g/mol. The minimum absolute atomic E-state index is 0.00567. The average Bonchev–Trinajstić information content (AvgIpc) is 3.08. The molecule has 6 atom stereocenters. The van der Waals surface area contributed by atoms with E-state index in [1.807, 2.05) is 24.3 Å². The van der Waals surface area contributed by atoms with Crippen LogP contribution in [0.5, 0.6) is 0 Å². The second-order valence-electron chi connectivity index (χ2n) is 9.09. The Labute approximate surface area is 165 Å². The molecule has 6 unspecified atom stereocenters. The third-order valence-electron chi connectivity index (χ3n) is 7.28. The molecule has 0 spiro atoms. The molecule has 3 saturated carbocycles. The molecule has 0 radical (unpaired) electrons. The van der Waals surface area contributed by atoms with E-state index in [0.29, 0.717) is 35.1 Å². The molecular weight excluding hydrogens is 350 g/mol. The summed E-state index contributed by atoms with van der Waals surface area (Å²) in [7, 11) is 0. The lowest BCUT2D eigenvalue weighted by molar-refractivity contribution is -0.122. The van der Waals surface area contributed by atoms with E-state index >= 15 is 0 Å². The van der Waals surface area contributed by atoms with Gasteiger partial charge in [-0.25, -0.2) is 0 Å². The summed E-state index contributed by atoms with van der Waals surface area (Å²) >= 11 is 0. The number of nitrogens with zero attached hydrogens (tertiary/aromatic N) is 1. The molecule has 2 N–H and O–H groups in total. The third kappa shape index (κ3) is 2.71. The summed E-state index contributed by atoms with van der Waals surface area (Å²) in [6, 6.07) is 8.17. The number of allylic oxidation sites excluding steroid dienone is 1. The van der Waals surface area contributed by atoms with Crippen LogP contribution in [0, 0.1) is 29.6 Å². The topological polar surface area (TPSA) is 70.6 Å². The molecule has 3 fully saturated rings. The second kappa shape index (κ2) is 6.29. The maximum atomic E-state index is 12.4. The van der Waals surface area contributed by atoms with Crippen LogP contribution in [0.2, 0.25) is 0 Å². The van der Waals surface area contributed by atoms with Crippen molar-refractivity contribution >= 4 is 23.1 Å². The van der Waals surface area contributed by atoms with Crippen molar-refractivity contribution in [2.45, 2.75) is 46.1 Å². The largest absolute Gasteiger partial charge is 0.349 e. The Kier molecular flexibility index (Phi) is 3.97. The van der Waals surface area contributed by atoms with Crippen molar-refractivity contribution in [2.75, 3.05) is 0 Å². The molecule has 4 aliphatic rings. The fourth-order valence-electron chi connectivity index (χ4n) is 5.61. The van der Waals surface area contributed by atoms with Crippen LogP contribution in [-0.2, 0) is 4.79 Å². The fourth-order valence-corrected chi connectivity index (χ4v) is 5.61. The summed E-state index contributed by atoms with van der Waals surface area (Å²) in [5.74, 6) is 2.23. The Balaban J connectivity index is 1.42. The number of hydrogen-bond acceptors (Lipinski definition) is 4. The van der Waals surface area contributed by atoms with Gasteiger partial charge in [-0.15, -0.1) is 0 Å². The Bertz CT molecular complexity index is 914. The van der Waals surface area contributed by atoms with Crippen molar-refractivity contribution in [2.24, 2.45) is 34.7 Å². The van der Waals surface area contributed by atoms with E-state index in [-0.39, 0.29) is 17.7 Å². The summed E-state index contributed by atoms with van der Waals surface area (Å²) in [4.78, 5) is 24.4. The highest BCUT2D eigenvalue weighted by Gasteiger charge is 2.53. The molecule has 5 heteroatoms. The molecule has 1 aromatic carbocycles. The predicted octanol–water partition coefficient (Wildman–Crippen LogP) is 3.38. The van der Waals surface area contributed by atoms with E-state index in [9.17, 15) is 9.59 Å². The highest BCUT2D eigenvalue weighted by Crippen LogP contribution is 2.58. The van der Waals surface area contributed by atoms with Gasteiger partial charge in [0.1, 0.15) is 5.78 Å².